The third-order valence-electron chi connectivity index (χ3n) is 4.70. The average molecular weight is 416 g/mol. The Hall–Kier alpha value is -3.75. The van der Waals surface area contributed by atoms with Gasteiger partial charge in [0, 0.05) is 29.3 Å². The zero-order valence-corrected chi connectivity index (χ0v) is 15.9. The van der Waals surface area contributed by atoms with Crippen molar-refractivity contribution in [2.45, 2.75) is 19.8 Å². The van der Waals surface area contributed by atoms with E-state index in [4.69, 9.17) is 5.11 Å². The predicted molar refractivity (Wildman–Crippen MR) is 103 cm³/mol. The van der Waals surface area contributed by atoms with Crippen molar-refractivity contribution >= 4 is 28.7 Å². The Morgan fingerprint density at radius 3 is 2.40 bits per heavy atom. The van der Waals surface area contributed by atoms with E-state index < -0.39 is 35.2 Å². The summed E-state index contributed by atoms with van der Waals surface area (Å²) in [6.45, 7) is 1.50. The van der Waals surface area contributed by atoms with E-state index in [0.717, 1.165) is 24.3 Å². The van der Waals surface area contributed by atoms with Crippen molar-refractivity contribution in [3.05, 3.63) is 64.9 Å². The maximum atomic E-state index is 14.0. The molecule has 0 spiro atoms. The molecule has 0 aliphatic rings. The maximum absolute atomic E-state index is 14.0. The minimum absolute atomic E-state index is 0.0692. The summed E-state index contributed by atoms with van der Waals surface area (Å²) in [6, 6.07) is 6.95. The summed E-state index contributed by atoms with van der Waals surface area (Å²) in [5, 5.41) is 21.2. The van der Waals surface area contributed by atoms with Gasteiger partial charge in [-0.15, -0.1) is 0 Å². The highest BCUT2D eigenvalue weighted by molar-refractivity contribution is 6.05. The van der Waals surface area contributed by atoms with Gasteiger partial charge in [-0.3, -0.25) is 19.0 Å². The molecule has 0 saturated carbocycles. The van der Waals surface area contributed by atoms with Gasteiger partial charge in [0.2, 0.25) is 5.91 Å². The molecular formula is C21H18F2N2O5. The molecule has 7 nitrogen and oxygen atoms in total. The summed E-state index contributed by atoms with van der Waals surface area (Å²) >= 11 is 0. The van der Waals surface area contributed by atoms with Gasteiger partial charge in [0.25, 0.3) is 5.91 Å². The first kappa shape index (κ1) is 21.0. The number of nitrogens with one attached hydrogen (secondary N) is 1. The van der Waals surface area contributed by atoms with Crippen LogP contribution in [0.2, 0.25) is 0 Å². The number of phenols is 1. The molecule has 1 aromatic heterocycles. The molecule has 1 heterocycles. The first-order chi connectivity index (χ1) is 14.2. The minimum atomic E-state index is -1.06. The Morgan fingerprint density at radius 1 is 1.10 bits per heavy atom. The standard InChI is InChI=1S/C21H18F2N2O5/c1-11-14(9-19(27)24-7-6-20(28)29)15-8-18(26)16(23)10-17(15)25(11)21(30)12-2-4-13(22)5-3-12/h2-5,8,10,26H,6-7,9H2,1H3,(H,24,27)(H,28,29). The Morgan fingerprint density at radius 2 is 1.77 bits per heavy atom. The summed E-state index contributed by atoms with van der Waals surface area (Å²) in [5.41, 5.74) is 1.02. The quantitative estimate of drug-likeness (QED) is 0.573. The van der Waals surface area contributed by atoms with E-state index in [-0.39, 0.29) is 30.5 Å². The van der Waals surface area contributed by atoms with Crippen LogP contribution in [0.5, 0.6) is 5.75 Å². The second kappa shape index (κ2) is 8.32. The highest BCUT2D eigenvalue weighted by Crippen LogP contribution is 2.32. The lowest BCUT2D eigenvalue weighted by Gasteiger charge is -2.08. The summed E-state index contributed by atoms with van der Waals surface area (Å²) in [4.78, 5) is 35.9. The van der Waals surface area contributed by atoms with Crippen molar-refractivity contribution in [3.8, 4) is 5.75 Å². The molecule has 30 heavy (non-hydrogen) atoms. The number of carbonyl (C=O) groups is 3. The summed E-state index contributed by atoms with van der Waals surface area (Å²) in [5.74, 6) is -4.20. The fourth-order valence-corrected chi connectivity index (χ4v) is 3.23. The summed E-state index contributed by atoms with van der Waals surface area (Å²) in [7, 11) is 0. The van der Waals surface area contributed by atoms with Crippen LogP contribution in [0.15, 0.2) is 36.4 Å². The van der Waals surface area contributed by atoms with Crippen LogP contribution in [0.3, 0.4) is 0 Å². The molecule has 3 aromatic rings. The molecule has 0 bridgehead atoms. The summed E-state index contributed by atoms with van der Waals surface area (Å²) < 4.78 is 28.4. The zero-order valence-electron chi connectivity index (χ0n) is 15.9. The van der Waals surface area contributed by atoms with Crippen molar-refractivity contribution in [1.82, 2.24) is 9.88 Å². The number of nitrogens with zero attached hydrogens (tertiary/aromatic N) is 1. The normalized spacial score (nSPS) is 10.9. The number of carboxylic acid groups (broad SMARTS) is 1. The molecule has 156 valence electrons. The van der Waals surface area contributed by atoms with E-state index in [1.807, 2.05) is 0 Å². The van der Waals surface area contributed by atoms with Crippen LogP contribution in [0.1, 0.15) is 28.0 Å². The molecule has 0 radical (unpaired) electrons. The molecule has 3 N–H and O–H groups in total. The van der Waals surface area contributed by atoms with Crippen LogP contribution in [0, 0.1) is 18.6 Å². The van der Waals surface area contributed by atoms with Crippen molar-refractivity contribution in [2.24, 2.45) is 0 Å². The lowest BCUT2D eigenvalue weighted by atomic mass is 10.1. The van der Waals surface area contributed by atoms with Crippen LogP contribution in [-0.2, 0) is 16.0 Å². The van der Waals surface area contributed by atoms with Gasteiger partial charge >= 0.3 is 5.97 Å². The maximum Gasteiger partial charge on any atom is 0.305 e. The van der Waals surface area contributed by atoms with Gasteiger partial charge in [-0.2, -0.15) is 0 Å². The summed E-state index contributed by atoms with van der Waals surface area (Å²) in [6.07, 6.45) is -0.460. The molecule has 1 amide bonds. The predicted octanol–water partition coefficient (Wildman–Crippen LogP) is 2.76. The van der Waals surface area contributed by atoms with Crippen molar-refractivity contribution in [1.29, 1.82) is 0 Å². The molecule has 3 rings (SSSR count). The Labute approximate surface area is 169 Å². The number of carboxylic acids is 1. The van der Waals surface area contributed by atoms with Gasteiger partial charge < -0.3 is 15.5 Å². The number of fused-ring (bicyclic) bond motifs is 1. The number of aliphatic carboxylic acids is 1. The van der Waals surface area contributed by atoms with Crippen LogP contribution >= 0.6 is 0 Å². The highest BCUT2D eigenvalue weighted by Gasteiger charge is 2.23. The number of carbonyl (C=O) groups excluding carboxylic acids is 2. The van der Waals surface area contributed by atoms with Gasteiger partial charge in [-0.05, 0) is 42.8 Å². The van der Waals surface area contributed by atoms with Crippen molar-refractivity contribution < 1.29 is 33.4 Å². The van der Waals surface area contributed by atoms with E-state index in [1.54, 1.807) is 6.92 Å². The Balaban J connectivity index is 2.05. The fraction of sp³-hybridized carbons (Fsp3) is 0.190. The average Bonchev–Trinajstić information content (AvgIpc) is 2.93. The molecule has 0 atom stereocenters. The van der Waals surface area contributed by atoms with Crippen LogP contribution in [0.4, 0.5) is 8.78 Å². The topological polar surface area (TPSA) is 109 Å². The van der Waals surface area contributed by atoms with Crippen LogP contribution in [0.25, 0.3) is 10.9 Å². The van der Waals surface area contributed by atoms with Gasteiger partial charge in [-0.1, -0.05) is 0 Å². The number of hydrogen-bond acceptors (Lipinski definition) is 4. The molecular weight excluding hydrogens is 398 g/mol. The number of halogens is 2. The van der Waals surface area contributed by atoms with Gasteiger partial charge in [-0.25, -0.2) is 8.78 Å². The second-order valence-electron chi connectivity index (χ2n) is 6.70. The number of amides is 1. The third-order valence-corrected chi connectivity index (χ3v) is 4.70. The SMILES string of the molecule is Cc1c(CC(=O)NCCC(=O)O)c2cc(O)c(F)cc2n1C(=O)c1ccc(F)cc1. The molecule has 0 aliphatic heterocycles. The number of aromatic hydroxyl groups is 1. The van der Waals surface area contributed by atoms with E-state index >= 15 is 0 Å². The first-order valence-electron chi connectivity index (χ1n) is 9.00. The van der Waals surface area contributed by atoms with E-state index in [2.05, 4.69) is 5.32 Å². The monoisotopic (exact) mass is 416 g/mol. The second-order valence-corrected chi connectivity index (χ2v) is 6.70. The van der Waals surface area contributed by atoms with Crippen LogP contribution in [-0.4, -0.2) is 39.1 Å². The van der Waals surface area contributed by atoms with Gasteiger partial charge in [0.1, 0.15) is 5.82 Å². The molecule has 0 fully saturated rings. The molecule has 0 unspecified atom stereocenters. The van der Waals surface area contributed by atoms with Crippen LogP contribution < -0.4 is 5.32 Å². The van der Waals surface area contributed by atoms with Gasteiger partial charge in [0.15, 0.2) is 11.6 Å². The molecule has 2 aromatic carbocycles. The fourth-order valence-electron chi connectivity index (χ4n) is 3.23. The largest absolute Gasteiger partial charge is 0.505 e. The Bertz CT molecular complexity index is 1150. The number of aromatic nitrogens is 1. The number of phenolic OH excluding ortho intramolecular Hbond substituents is 1. The van der Waals surface area contributed by atoms with E-state index in [0.29, 0.717) is 16.6 Å². The molecule has 9 heteroatoms. The first-order valence-corrected chi connectivity index (χ1v) is 9.00. The Kier molecular flexibility index (Phi) is 5.81. The number of benzene rings is 2. The van der Waals surface area contributed by atoms with Crippen molar-refractivity contribution in [2.75, 3.05) is 6.54 Å². The van der Waals surface area contributed by atoms with E-state index in [9.17, 15) is 28.3 Å². The third kappa shape index (κ3) is 4.14. The van der Waals surface area contributed by atoms with Crippen molar-refractivity contribution in [3.63, 3.8) is 0 Å². The van der Waals surface area contributed by atoms with E-state index in [1.165, 1.54) is 16.7 Å². The smallest absolute Gasteiger partial charge is 0.305 e. The minimum Gasteiger partial charge on any atom is -0.505 e. The molecule has 0 saturated heterocycles. The lowest BCUT2D eigenvalue weighted by Crippen LogP contribution is -2.27. The molecule has 0 aliphatic carbocycles. The zero-order chi connectivity index (χ0) is 22.0. The van der Waals surface area contributed by atoms with Gasteiger partial charge in [0.05, 0.1) is 18.4 Å². The number of rotatable bonds is 6. The lowest BCUT2D eigenvalue weighted by molar-refractivity contribution is -0.136. The number of hydrogen-bond donors (Lipinski definition) is 3. The highest BCUT2D eigenvalue weighted by atomic mass is 19.1.